The number of non-ortho nitro benzene ring substituents is 1. The Morgan fingerprint density at radius 2 is 1.80 bits per heavy atom. The minimum Gasteiger partial charge on any atom is -0.480 e. The van der Waals surface area contributed by atoms with Crippen LogP contribution in [0.2, 0.25) is 0 Å². The average Bonchev–Trinajstić information content (AvgIpc) is 3.41. The molecule has 4 atom stereocenters. The Balaban J connectivity index is 1.57. The Morgan fingerprint density at radius 3 is 2.41 bits per heavy atom. The molecule has 0 saturated carbocycles. The molecule has 13 heteroatoms. The predicted octanol–water partition coefficient (Wildman–Crippen LogP) is 3.56. The molecule has 0 radical (unpaired) electrons. The molecule has 0 aliphatic carbocycles. The van der Waals surface area contributed by atoms with Crippen LogP contribution in [-0.2, 0) is 33.4 Å². The summed E-state index contributed by atoms with van der Waals surface area (Å²) in [5.41, 5.74) is -2.39. The van der Waals surface area contributed by atoms with Crippen molar-refractivity contribution in [3.8, 4) is 0 Å². The number of benzene rings is 2. The van der Waals surface area contributed by atoms with E-state index in [-0.39, 0.29) is 30.6 Å². The first-order valence-corrected chi connectivity index (χ1v) is 12.6. The van der Waals surface area contributed by atoms with Crippen molar-refractivity contribution in [1.82, 2.24) is 15.2 Å². The number of pyridine rings is 1. The molecule has 2 N–H and O–H groups in total. The van der Waals surface area contributed by atoms with E-state index in [4.69, 9.17) is 0 Å². The molecule has 2 aromatic carbocycles. The number of hydrogen-bond acceptors (Lipinski definition) is 7. The van der Waals surface area contributed by atoms with Crippen LogP contribution in [0.5, 0.6) is 0 Å². The van der Waals surface area contributed by atoms with E-state index in [2.05, 4.69) is 10.3 Å². The number of carbonyl (C=O) groups excluding carboxylic acids is 2. The predicted molar refractivity (Wildman–Crippen MR) is 136 cm³/mol. The molecule has 2 fully saturated rings. The summed E-state index contributed by atoms with van der Waals surface area (Å²) in [7, 11) is 0. The number of imide groups is 1. The maximum atomic E-state index is 13.8. The first-order valence-electron chi connectivity index (χ1n) is 12.6. The summed E-state index contributed by atoms with van der Waals surface area (Å²) in [4.78, 5) is 56.0. The molecule has 0 bridgehead atoms. The SMILES string of the molecule is O=C1C2C(c3cccc(C(F)(F)F)c3)NC(Cc3ccc([N+](=O)[O-])cc3)(C(=O)O)C2C(=O)N1CCc1ccccn1. The second-order valence-corrected chi connectivity index (χ2v) is 10.0. The molecule has 2 aliphatic rings. The van der Waals surface area contributed by atoms with Gasteiger partial charge in [-0.1, -0.05) is 30.3 Å². The molecule has 41 heavy (non-hydrogen) atoms. The summed E-state index contributed by atoms with van der Waals surface area (Å²) in [6.07, 6.45) is -3.31. The summed E-state index contributed by atoms with van der Waals surface area (Å²) < 4.78 is 40.6. The van der Waals surface area contributed by atoms with Crippen molar-refractivity contribution in [2.45, 2.75) is 30.6 Å². The van der Waals surface area contributed by atoms with Crippen molar-refractivity contribution in [3.63, 3.8) is 0 Å². The molecule has 1 aromatic heterocycles. The number of carboxylic acid groups (broad SMARTS) is 1. The summed E-state index contributed by atoms with van der Waals surface area (Å²) in [6.45, 7) is -0.0930. The van der Waals surface area contributed by atoms with Crippen LogP contribution < -0.4 is 5.32 Å². The first kappa shape index (κ1) is 27.9. The van der Waals surface area contributed by atoms with Crippen LogP contribution in [0.25, 0.3) is 0 Å². The number of halogens is 3. The molecule has 2 amide bonds. The second kappa shape index (κ2) is 10.4. The molecule has 3 heterocycles. The third-order valence-corrected chi connectivity index (χ3v) is 7.65. The summed E-state index contributed by atoms with van der Waals surface area (Å²) in [5.74, 6) is -5.69. The van der Waals surface area contributed by atoms with Crippen LogP contribution in [-0.4, -0.2) is 49.8 Å². The van der Waals surface area contributed by atoms with Gasteiger partial charge in [0.1, 0.15) is 5.54 Å². The van der Waals surface area contributed by atoms with E-state index < -0.39 is 57.9 Å². The smallest absolute Gasteiger partial charge is 0.416 e. The quantitative estimate of drug-likeness (QED) is 0.239. The van der Waals surface area contributed by atoms with Gasteiger partial charge in [-0.2, -0.15) is 13.2 Å². The lowest BCUT2D eigenvalue weighted by Gasteiger charge is -2.31. The number of nitrogens with zero attached hydrogens (tertiary/aromatic N) is 3. The van der Waals surface area contributed by atoms with Gasteiger partial charge in [-0.3, -0.25) is 39.7 Å². The Hall–Kier alpha value is -4.65. The lowest BCUT2D eigenvalue weighted by Crippen LogP contribution is -2.57. The number of nitro groups is 1. The Morgan fingerprint density at radius 1 is 1.07 bits per heavy atom. The fourth-order valence-corrected chi connectivity index (χ4v) is 5.74. The highest BCUT2D eigenvalue weighted by atomic mass is 19.4. The van der Waals surface area contributed by atoms with Gasteiger partial charge >= 0.3 is 12.1 Å². The topological polar surface area (TPSA) is 143 Å². The monoisotopic (exact) mass is 568 g/mol. The minimum absolute atomic E-state index is 0.00868. The average molecular weight is 569 g/mol. The fourth-order valence-electron chi connectivity index (χ4n) is 5.74. The van der Waals surface area contributed by atoms with Crippen molar-refractivity contribution in [1.29, 1.82) is 0 Å². The maximum Gasteiger partial charge on any atom is 0.416 e. The van der Waals surface area contributed by atoms with Gasteiger partial charge in [-0.25, -0.2) is 0 Å². The van der Waals surface area contributed by atoms with Gasteiger partial charge in [0.25, 0.3) is 5.69 Å². The van der Waals surface area contributed by atoms with Gasteiger partial charge in [-0.15, -0.1) is 0 Å². The maximum absolute atomic E-state index is 13.8. The first-order chi connectivity index (χ1) is 19.4. The number of alkyl halides is 3. The largest absolute Gasteiger partial charge is 0.480 e. The summed E-state index contributed by atoms with van der Waals surface area (Å²) >= 11 is 0. The van der Waals surface area contributed by atoms with E-state index in [9.17, 15) is 42.8 Å². The Kier molecular flexibility index (Phi) is 7.07. The van der Waals surface area contributed by atoms with Crippen LogP contribution in [0.15, 0.2) is 72.9 Å². The van der Waals surface area contributed by atoms with Crippen LogP contribution in [0, 0.1) is 22.0 Å². The number of hydrogen-bond donors (Lipinski definition) is 2. The number of carboxylic acids is 1. The number of likely N-dealkylation sites (tertiary alicyclic amines) is 1. The number of fused-ring (bicyclic) bond motifs is 1. The van der Waals surface area contributed by atoms with E-state index in [1.807, 2.05) is 0 Å². The standard InChI is InChI=1S/C28H23F3N4O6/c29-28(30,31)18-5-3-4-17(14-18)23-21-22(25(37)34(24(21)36)13-11-19-6-1-2-12-32-19)27(33-23,26(38)39)15-16-7-9-20(10-8-16)35(40)41/h1-10,12,14,21-23,33H,11,13,15H2,(H,38,39). The number of carbonyl (C=O) groups is 3. The van der Waals surface area contributed by atoms with Crippen LogP contribution in [0.3, 0.4) is 0 Å². The molecule has 10 nitrogen and oxygen atoms in total. The highest BCUT2D eigenvalue weighted by molar-refractivity contribution is 6.09. The molecule has 2 saturated heterocycles. The molecule has 3 aromatic rings. The Bertz CT molecular complexity index is 1520. The van der Waals surface area contributed by atoms with E-state index in [0.717, 1.165) is 23.1 Å². The molecular formula is C28H23F3N4O6. The second-order valence-electron chi connectivity index (χ2n) is 10.0. The zero-order valence-corrected chi connectivity index (χ0v) is 21.2. The zero-order valence-electron chi connectivity index (χ0n) is 21.2. The molecule has 212 valence electrons. The minimum atomic E-state index is -4.69. The number of nitro benzene ring substituents is 1. The number of aromatic nitrogens is 1. The lowest BCUT2D eigenvalue weighted by atomic mass is 9.76. The summed E-state index contributed by atoms with van der Waals surface area (Å²) in [5, 5.41) is 24.5. The van der Waals surface area contributed by atoms with Gasteiger partial charge in [0.2, 0.25) is 11.8 Å². The zero-order chi connectivity index (χ0) is 29.5. The van der Waals surface area contributed by atoms with Crippen LogP contribution in [0.1, 0.15) is 28.4 Å². The number of nitrogens with one attached hydrogen (secondary N) is 1. The van der Waals surface area contributed by atoms with Crippen LogP contribution in [0.4, 0.5) is 18.9 Å². The Labute approximate surface area is 231 Å². The normalized spacial score (nSPS) is 24.0. The van der Waals surface area contributed by atoms with Crippen molar-refractivity contribution < 1.29 is 37.6 Å². The number of amides is 2. The van der Waals surface area contributed by atoms with Crippen LogP contribution >= 0.6 is 0 Å². The molecule has 0 spiro atoms. The fraction of sp³-hybridized carbons (Fsp3) is 0.286. The van der Waals surface area contributed by atoms with Gasteiger partial charge in [0.05, 0.1) is 22.3 Å². The molecule has 4 unspecified atom stereocenters. The molecule has 5 rings (SSSR count). The van der Waals surface area contributed by atoms with E-state index in [1.54, 1.807) is 24.4 Å². The number of aliphatic carboxylic acids is 1. The summed E-state index contributed by atoms with van der Waals surface area (Å²) in [6, 6.07) is 13.2. The number of rotatable bonds is 8. The lowest BCUT2D eigenvalue weighted by molar-refractivity contribution is -0.384. The van der Waals surface area contributed by atoms with E-state index >= 15 is 0 Å². The third kappa shape index (κ3) is 5.04. The van der Waals surface area contributed by atoms with Crippen molar-refractivity contribution in [2.75, 3.05) is 6.54 Å². The van der Waals surface area contributed by atoms with Crippen molar-refractivity contribution in [3.05, 3.63) is 105 Å². The van der Waals surface area contributed by atoms with Gasteiger partial charge < -0.3 is 5.11 Å². The highest BCUT2D eigenvalue weighted by Crippen LogP contribution is 2.50. The molecule has 2 aliphatic heterocycles. The van der Waals surface area contributed by atoms with E-state index in [1.165, 1.54) is 30.3 Å². The van der Waals surface area contributed by atoms with Gasteiger partial charge in [0, 0.05) is 49.5 Å². The molecular weight excluding hydrogens is 545 g/mol. The highest BCUT2D eigenvalue weighted by Gasteiger charge is 2.68. The van der Waals surface area contributed by atoms with E-state index in [0.29, 0.717) is 11.3 Å². The third-order valence-electron chi connectivity index (χ3n) is 7.65. The van der Waals surface area contributed by atoms with Gasteiger partial charge in [-0.05, 0) is 35.4 Å². The van der Waals surface area contributed by atoms with Crippen molar-refractivity contribution >= 4 is 23.5 Å². The van der Waals surface area contributed by atoms with Gasteiger partial charge in [0.15, 0.2) is 0 Å². The van der Waals surface area contributed by atoms with Crippen molar-refractivity contribution in [2.24, 2.45) is 11.8 Å².